The van der Waals surface area contributed by atoms with Crippen molar-refractivity contribution in [2.24, 2.45) is 0 Å². The smallest absolute Gasteiger partial charge is 0.242 e. The van der Waals surface area contributed by atoms with Crippen molar-refractivity contribution in [1.82, 2.24) is 4.90 Å². The predicted octanol–water partition coefficient (Wildman–Crippen LogP) is 7.34. The summed E-state index contributed by atoms with van der Waals surface area (Å²) < 4.78 is 19.5. The molecule has 0 aromatic heterocycles. The summed E-state index contributed by atoms with van der Waals surface area (Å²) in [7, 11) is 0. The van der Waals surface area contributed by atoms with Crippen LogP contribution < -0.4 is 4.74 Å². The second-order valence-electron chi connectivity index (χ2n) is 7.43. The van der Waals surface area contributed by atoms with Crippen LogP contribution in [0.4, 0.5) is 4.39 Å². The number of benzene rings is 3. The summed E-state index contributed by atoms with van der Waals surface area (Å²) in [6, 6.07) is 16.8. The maximum Gasteiger partial charge on any atom is 0.242 e. The van der Waals surface area contributed by atoms with Gasteiger partial charge in [-0.05, 0) is 59.5 Å². The molecule has 1 aliphatic rings. The lowest BCUT2D eigenvalue weighted by molar-refractivity contribution is -0.126. The molecule has 9 heteroatoms. The molecule has 0 radical (unpaired) electrons. The van der Waals surface area contributed by atoms with Crippen molar-refractivity contribution < 1.29 is 13.9 Å². The van der Waals surface area contributed by atoms with Crippen LogP contribution in [0.5, 0.6) is 5.75 Å². The molecular weight excluding hydrogens is 524 g/mol. The fourth-order valence-electron chi connectivity index (χ4n) is 3.36. The fraction of sp³-hybridized carbons (Fsp3) is 0.167. The summed E-state index contributed by atoms with van der Waals surface area (Å²) in [4.78, 5) is 14.5. The highest BCUT2D eigenvalue weighted by Crippen LogP contribution is 2.37. The minimum atomic E-state index is -0.383. The Kier molecular flexibility index (Phi) is 7.82. The normalized spacial score (nSPS) is 15.9. The van der Waals surface area contributed by atoms with Gasteiger partial charge in [0.15, 0.2) is 5.75 Å². The Morgan fingerprint density at radius 3 is 2.18 bits per heavy atom. The van der Waals surface area contributed by atoms with Gasteiger partial charge in [0.2, 0.25) is 5.91 Å². The van der Waals surface area contributed by atoms with E-state index >= 15 is 0 Å². The number of hydrogen-bond donors (Lipinski definition) is 0. The van der Waals surface area contributed by atoms with Crippen molar-refractivity contribution in [1.29, 1.82) is 0 Å². The molecule has 1 heterocycles. The van der Waals surface area contributed by atoms with Gasteiger partial charge in [-0.3, -0.25) is 9.69 Å². The number of carbonyl (C=O) groups is 1. The van der Waals surface area contributed by atoms with Gasteiger partial charge in [0.1, 0.15) is 16.7 Å². The standard InChI is InChI=1S/C24H17Cl3FNO2S2/c25-17-5-1-15(2-6-17)13-31-22-19(26)9-16(10-20(22)27)11-21-23(30)29(24(32)33-21)12-14-3-7-18(28)8-4-14/h1-10,21H,11-13H2/t21-/m1/s1. The average Bonchev–Trinajstić information content (AvgIpc) is 3.03. The van der Waals surface area contributed by atoms with E-state index in [2.05, 4.69) is 0 Å². The van der Waals surface area contributed by atoms with E-state index in [4.69, 9.17) is 51.8 Å². The van der Waals surface area contributed by atoms with Crippen LogP contribution in [0, 0.1) is 5.82 Å². The van der Waals surface area contributed by atoms with E-state index in [9.17, 15) is 9.18 Å². The molecule has 0 saturated carbocycles. The third kappa shape index (κ3) is 6.00. The van der Waals surface area contributed by atoms with Crippen LogP contribution >= 0.6 is 58.8 Å². The number of nitrogens with zero attached hydrogens (tertiary/aromatic N) is 1. The first-order valence-corrected chi connectivity index (χ1v) is 12.3. The van der Waals surface area contributed by atoms with Crippen LogP contribution in [0.1, 0.15) is 16.7 Å². The summed E-state index contributed by atoms with van der Waals surface area (Å²) in [5.74, 6) is -0.0313. The maximum absolute atomic E-state index is 13.2. The molecule has 1 fully saturated rings. The summed E-state index contributed by atoms with van der Waals surface area (Å²) in [6.07, 6.45) is 0.417. The summed E-state index contributed by atoms with van der Waals surface area (Å²) >= 11 is 25.5. The van der Waals surface area contributed by atoms with Crippen molar-refractivity contribution >= 4 is 69.0 Å². The highest BCUT2D eigenvalue weighted by molar-refractivity contribution is 8.24. The molecule has 1 aliphatic heterocycles. The Morgan fingerprint density at radius 2 is 1.55 bits per heavy atom. The van der Waals surface area contributed by atoms with E-state index < -0.39 is 0 Å². The predicted molar refractivity (Wildman–Crippen MR) is 137 cm³/mol. The molecule has 0 aliphatic carbocycles. The second-order valence-corrected chi connectivity index (χ2v) is 10.5. The number of rotatable bonds is 7. The quantitative estimate of drug-likeness (QED) is 0.293. The molecule has 3 nitrogen and oxygen atoms in total. The minimum absolute atomic E-state index is 0.0929. The summed E-state index contributed by atoms with van der Waals surface area (Å²) in [5, 5.41) is 1.00. The molecule has 1 amide bonds. The van der Waals surface area contributed by atoms with Crippen LogP contribution in [-0.4, -0.2) is 20.4 Å². The Balaban J connectivity index is 1.42. The molecule has 3 aromatic carbocycles. The number of thiocarbonyl (C=S) groups is 1. The first kappa shape index (κ1) is 24.3. The fourth-order valence-corrected chi connectivity index (χ4v) is 5.66. The van der Waals surface area contributed by atoms with Gasteiger partial charge in [-0.1, -0.05) is 83.0 Å². The van der Waals surface area contributed by atoms with Crippen molar-refractivity contribution in [3.05, 3.63) is 98.2 Å². The van der Waals surface area contributed by atoms with Gasteiger partial charge in [0, 0.05) is 5.02 Å². The Bertz CT molecular complexity index is 1170. The Hall–Kier alpha value is -1.83. The van der Waals surface area contributed by atoms with Gasteiger partial charge >= 0.3 is 0 Å². The monoisotopic (exact) mass is 539 g/mol. The molecule has 3 aromatic rings. The van der Waals surface area contributed by atoms with Gasteiger partial charge in [-0.2, -0.15) is 0 Å². The average molecular weight is 541 g/mol. The largest absolute Gasteiger partial charge is 0.486 e. The summed E-state index contributed by atoms with van der Waals surface area (Å²) in [5.41, 5.74) is 2.54. The number of carbonyl (C=O) groups excluding carboxylic acids is 1. The van der Waals surface area contributed by atoms with Crippen molar-refractivity contribution in [3.8, 4) is 5.75 Å². The molecule has 0 spiro atoms. The van der Waals surface area contributed by atoms with E-state index in [1.54, 1.807) is 41.3 Å². The molecule has 0 N–H and O–H groups in total. The molecule has 4 rings (SSSR count). The summed E-state index contributed by atoms with van der Waals surface area (Å²) in [6.45, 7) is 0.597. The first-order chi connectivity index (χ1) is 15.8. The van der Waals surface area contributed by atoms with E-state index in [1.807, 2.05) is 12.1 Å². The molecule has 170 valence electrons. The first-order valence-electron chi connectivity index (χ1n) is 9.92. The van der Waals surface area contributed by atoms with E-state index in [-0.39, 0.29) is 17.0 Å². The third-order valence-electron chi connectivity index (χ3n) is 5.03. The lowest BCUT2D eigenvalue weighted by atomic mass is 10.1. The maximum atomic E-state index is 13.2. The number of hydrogen-bond acceptors (Lipinski definition) is 4. The highest BCUT2D eigenvalue weighted by atomic mass is 35.5. The van der Waals surface area contributed by atoms with E-state index in [0.717, 1.165) is 16.7 Å². The number of thioether (sulfide) groups is 1. The van der Waals surface area contributed by atoms with Gasteiger partial charge in [0.05, 0.1) is 21.8 Å². The van der Waals surface area contributed by atoms with Crippen molar-refractivity contribution in [2.45, 2.75) is 24.8 Å². The van der Waals surface area contributed by atoms with Crippen molar-refractivity contribution in [2.75, 3.05) is 0 Å². The zero-order chi connectivity index (χ0) is 23.5. The molecular formula is C24H17Cl3FNO2S2. The van der Waals surface area contributed by atoms with Gasteiger partial charge in [-0.25, -0.2) is 4.39 Å². The number of ether oxygens (including phenoxy) is 1. The minimum Gasteiger partial charge on any atom is -0.486 e. The lowest BCUT2D eigenvalue weighted by Crippen LogP contribution is -2.31. The Labute approximate surface area is 215 Å². The van der Waals surface area contributed by atoms with Crippen LogP contribution in [-0.2, 0) is 24.4 Å². The highest BCUT2D eigenvalue weighted by Gasteiger charge is 2.37. The second kappa shape index (κ2) is 10.6. The topological polar surface area (TPSA) is 29.5 Å². The molecule has 1 saturated heterocycles. The third-order valence-corrected chi connectivity index (χ3v) is 7.43. The molecule has 0 unspecified atom stereocenters. The number of amides is 1. The SMILES string of the molecule is O=C1[C@@H](Cc2cc(Cl)c(OCc3ccc(Cl)cc3)c(Cl)c2)SC(=S)N1Cc1ccc(F)cc1. The van der Waals surface area contributed by atoms with Gasteiger partial charge < -0.3 is 4.74 Å². The molecule has 33 heavy (non-hydrogen) atoms. The van der Waals surface area contributed by atoms with Crippen LogP contribution in [0.2, 0.25) is 15.1 Å². The Morgan fingerprint density at radius 1 is 0.939 bits per heavy atom. The van der Waals surface area contributed by atoms with Crippen LogP contribution in [0.15, 0.2) is 60.7 Å². The van der Waals surface area contributed by atoms with Crippen LogP contribution in [0.25, 0.3) is 0 Å². The molecule has 0 bridgehead atoms. The van der Waals surface area contributed by atoms with E-state index in [1.165, 1.54) is 23.9 Å². The van der Waals surface area contributed by atoms with Gasteiger partial charge in [-0.15, -0.1) is 0 Å². The van der Waals surface area contributed by atoms with Crippen LogP contribution in [0.3, 0.4) is 0 Å². The van der Waals surface area contributed by atoms with Crippen molar-refractivity contribution in [3.63, 3.8) is 0 Å². The zero-order valence-electron chi connectivity index (χ0n) is 17.1. The number of halogens is 4. The van der Waals surface area contributed by atoms with Gasteiger partial charge in [0.25, 0.3) is 0 Å². The molecule has 1 atom stereocenters. The zero-order valence-corrected chi connectivity index (χ0v) is 21.0. The lowest BCUT2D eigenvalue weighted by Gasteiger charge is -2.16. The van der Waals surface area contributed by atoms with E-state index in [0.29, 0.717) is 44.7 Å².